The van der Waals surface area contributed by atoms with Crippen LogP contribution >= 0.6 is 7.82 Å². The largest absolute Gasteiger partial charge is 0.469 e. The van der Waals surface area contributed by atoms with E-state index >= 15 is 0 Å². The Bertz CT molecular complexity index is 968. The number of hydrogen-bond acceptors (Lipinski definition) is 6. The molecule has 0 bridgehead atoms. The molecule has 0 aliphatic heterocycles. The van der Waals surface area contributed by atoms with Crippen LogP contribution < -0.4 is 0 Å². The van der Waals surface area contributed by atoms with E-state index in [1.807, 2.05) is 0 Å². The summed E-state index contributed by atoms with van der Waals surface area (Å²) in [5.41, 5.74) is 0. The first-order valence-corrected chi connectivity index (χ1v) is 22.0. The first-order valence-electron chi connectivity index (χ1n) is 20.4. The van der Waals surface area contributed by atoms with Crippen LogP contribution in [0.25, 0.3) is 0 Å². The van der Waals surface area contributed by atoms with Gasteiger partial charge in [-0.05, 0) is 51.4 Å². The highest BCUT2D eigenvalue weighted by Crippen LogP contribution is 2.36. The first kappa shape index (κ1) is 49.0. The summed E-state index contributed by atoms with van der Waals surface area (Å²) in [6.07, 6.45) is 45.4. The molecule has 8 nitrogen and oxygen atoms in total. The molecule has 0 fully saturated rings. The molecule has 0 aromatic heterocycles. The molecule has 0 aromatic carbocycles. The van der Waals surface area contributed by atoms with E-state index in [-0.39, 0.29) is 19.4 Å². The second-order valence-corrected chi connectivity index (χ2v) is 14.8. The van der Waals surface area contributed by atoms with E-state index in [1.54, 1.807) is 0 Å². The molecule has 0 aromatic rings. The van der Waals surface area contributed by atoms with Crippen molar-refractivity contribution in [2.45, 2.75) is 193 Å². The molecule has 9 heteroatoms. The second-order valence-electron chi connectivity index (χ2n) is 13.6. The van der Waals surface area contributed by atoms with Crippen LogP contribution in [0.15, 0.2) is 48.6 Å². The van der Waals surface area contributed by atoms with Gasteiger partial charge in [0.1, 0.15) is 6.61 Å². The maximum absolute atomic E-state index is 12.4. The molecule has 296 valence electrons. The summed E-state index contributed by atoms with van der Waals surface area (Å²) in [6, 6.07) is 0. The smallest absolute Gasteiger partial charge is 0.462 e. The van der Waals surface area contributed by atoms with Crippen molar-refractivity contribution in [2.24, 2.45) is 0 Å². The SMILES string of the molecule is CC/C=C\C/C=C\C/C=C\C/C=C\CCCCCCCCCCC(=O)OC(COC(=O)CCCCCCCCCCCCCC)COP(=O)(O)O. The van der Waals surface area contributed by atoms with E-state index in [9.17, 15) is 14.2 Å². The van der Waals surface area contributed by atoms with Crippen molar-refractivity contribution in [3.05, 3.63) is 48.6 Å². The summed E-state index contributed by atoms with van der Waals surface area (Å²) >= 11 is 0. The average Bonchev–Trinajstić information content (AvgIpc) is 3.10. The van der Waals surface area contributed by atoms with E-state index < -0.39 is 32.5 Å². The normalized spacial score (nSPS) is 12.9. The molecule has 0 rings (SSSR count). The Morgan fingerprint density at radius 3 is 1.41 bits per heavy atom. The van der Waals surface area contributed by atoms with Crippen LogP contribution in [0, 0.1) is 0 Å². The fourth-order valence-electron chi connectivity index (χ4n) is 5.60. The standard InChI is InChI=1S/C42H75O8P/c1-3-5-7-9-11-13-15-17-18-19-20-21-22-23-24-25-27-29-31-33-35-37-42(44)50-40(39-49-51(45,46)47)38-48-41(43)36-34-32-30-28-26-16-14-12-10-8-6-4-2/h5,7,11,13,17-18,20-21,40H,3-4,6,8-10,12,14-16,19,22-39H2,1-2H3,(H2,45,46,47)/b7-5-,13-11-,18-17-,21-20-. The number of allylic oxidation sites excluding steroid dienone is 8. The third kappa shape index (κ3) is 40.6. The predicted octanol–water partition coefficient (Wildman–Crippen LogP) is 12.3. The summed E-state index contributed by atoms with van der Waals surface area (Å²) in [4.78, 5) is 42.8. The topological polar surface area (TPSA) is 119 Å². The number of ether oxygens (including phenoxy) is 2. The number of phosphoric acid groups is 1. The van der Waals surface area contributed by atoms with Gasteiger partial charge in [-0.25, -0.2) is 4.57 Å². The van der Waals surface area contributed by atoms with Crippen molar-refractivity contribution >= 4 is 19.8 Å². The molecule has 2 N–H and O–H groups in total. The number of unbranched alkanes of at least 4 members (excludes halogenated alkanes) is 19. The summed E-state index contributed by atoms with van der Waals surface area (Å²) in [5.74, 6) is -0.892. The summed E-state index contributed by atoms with van der Waals surface area (Å²) in [5, 5.41) is 0. The van der Waals surface area contributed by atoms with Crippen molar-refractivity contribution < 1.29 is 37.9 Å². The lowest BCUT2D eigenvalue weighted by molar-refractivity contribution is -0.161. The van der Waals surface area contributed by atoms with Crippen LogP contribution in [-0.2, 0) is 28.2 Å². The van der Waals surface area contributed by atoms with Crippen molar-refractivity contribution in [3.8, 4) is 0 Å². The van der Waals surface area contributed by atoms with Crippen LogP contribution in [0.2, 0.25) is 0 Å². The molecule has 1 atom stereocenters. The minimum Gasteiger partial charge on any atom is -0.462 e. The van der Waals surface area contributed by atoms with Crippen LogP contribution in [-0.4, -0.2) is 41.0 Å². The molecule has 0 saturated heterocycles. The fourth-order valence-corrected chi connectivity index (χ4v) is 5.96. The van der Waals surface area contributed by atoms with E-state index in [1.165, 1.54) is 83.5 Å². The van der Waals surface area contributed by atoms with Gasteiger partial charge in [0.15, 0.2) is 6.10 Å². The van der Waals surface area contributed by atoms with Gasteiger partial charge in [0.2, 0.25) is 0 Å². The quantitative estimate of drug-likeness (QED) is 0.0280. The maximum Gasteiger partial charge on any atom is 0.469 e. The highest BCUT2D eigenvalue weighted by molar-refractivity contribution is 7.46. The Morgan fingerprint density at radius 2 is 0.941 bits per heavy atom. The molecule has 0 radical (unpaired) electrons. The summed E-state index contributed by atoms with van der Waals surface area (Å²) in [7, 11) is -4.75. The molecular formula is C42H75O8P. The predicted molar refractivity (Wildman–Crippen MR) is 211 cm³/mol. The van der Waals surface area contributed by atoms with Gasteiger partial charge in [-0.15, -0.1) is 0 Å². The van der Waals surface area contributed by atoms with Crippen molar-refractivity contribution in [1.29, 1.82) is 0 Å². The van der Waals surface area contributed by atoms with Crippen molar-refractivity contribution in [1.82, 2.24) is 0 Å². The van der Waals surface area contributed by atoms with Gasteiger partial charge in [0.05, 0.1) is 6.61 Å². The number of phosphoric ester groups is 1. The molecule has 0 heterocycles. The number of esters is 2. The molecule has 0 amide bonds. The number of carbonyl (C=O) groups excluding carboxylic acids is 2. The van der Waals surface area contributed by atoms with Gasteiger partial charge in [-0.3, -0.25) is 14.1 Å². The van der Waals surface area contributed by atoms with E-state index in [4.69, 9.17) is 19.3 Å². The van der Waals surface area contributed by atoms with Gasteiger partial charge in [-0.2, -0.15) is 0 Å². The maximum atomic E-state index is 12.4. The average molecular weight is 739 g/mol. The van der Waals surface area contributed by atoms with Gasteiger partial charge >= 0.3 is 19.8 Å². The monoisotopic (exact) mass is 739 g/mol. The Morgan fingerprint density at radius 1 is 0.529 bits per heavy atom. The Labute approximate surface area is 312 Å². The van der Waals surface area contributed by atoms with Crippen LogP contribution in [0.5, 0.6) is 0 Å². The zero-order chi connectivity index (χ0) is 37.5. The lowest BCUT2D eigenvalue weighted by atomic mass is 10.0. The Kier molecular flexibility index (Phi) is 36.3. The molecule has 51 heavy (non-hydrogen) atoms. The van der Waals surface area contributed by atoms with E-state index in [0.717, 1.165) is 70.6 Å². The van der Waals surface area contributed by atoms with Crippen LogP contribution in [0.1, 0.15) is 187 Å². The van der Waals surface area contributed by atoms with Crippen molar-refractivity contribution in [2.75, 3.05) is 13.2 Å². The van der Waals surface area contributed by atoms with Gasteiger partial charge in [0.25, 0.3) is 0 Å². The summed E-state index contributed by atoms with van der Waals surface area (Å²) in [6.45, 7) is 3.56. The highest BCUT2D eigenvalue weighted by Gasteiger charge is 2.22. The molecule has 1 unspecified atom stereocenters. The zero-order valence-corrected chi connectivity index (χ0v) is 33.4. The van der Waals surface area contributed by atoms with Crippen LogP contribution in [0.3, 0.4) is 0 Å². The minimum absolute atomic E-state index is 0.202. The van der Waals surface area contributed by atoms with Gasteiger partial charge in [-0.1, -0.05) is 172 Å². The minimum atomic E-state index is -4.75. The third-order valence-electron chi connectivity index (χ3n) is 8.61. The molecule has 0 saturated carbocycles. The van der Waals surface area contributed by atoms with E-state index in [2.05, 4.69) is 67.0 Å². The Hall–Kier alpha value is -1.99. The zero-order valence-electron chi connectivity index (χ0n) is 32.5. The molecule has 0 aliphatic rings. The third-order valence-corrected chi connectivity index (χ3v) is 9.10. The van der Waals surface area contributed by atoms with Crippen LogP contribution in [0.4, 0.5) is 0 Å². The van der Waals surface area contributed by atoms with E-state index in [0.29, 0.717) is 6.42 Å². The van der Waals surface area contributed by atoms with Gasteiger partial charge in [0, 0.05) is 12.8 Å². The number of hydrogen-bond donors (Lipinski definition) is 2. The molecule has 0 aliphatic carbocycles. The second kappa shape index (κ2) is 37.8. The van der Waals surface area contributed by atoms with Gasteiger partial charge < -0.3 is 19.3 Å². The lowest BCUT2D eigenvalue weighted by Gasteiger charge is -2.18. The molecular weight excluding hydrogens is 663 g/mol. The number of rotatable bonds is 37. The van der Waals surface area contributed by atoms with Crippen molar-refractivity contribution in [3.63, 3.8) is 0 Å². The fraction of sp³-hybridized carbons (Fsp3) is 0.762. The molecule has 0 spiro atoms. The lowest BCUT2D eigenvalue weighted by Crippen LogP contribution is -2.29. The first-order chi connectivity index (χ1) is 24.8. The number of carbonyl (C=O) groups is 2. The Balaban J connectivity index is 3.92. The summed E-state index contributed by atoms with van der Waals surface area (Å²) < 4.78 is 26.3. The highest BCUT2D eigenvalue weighted by atomic mass is 31.2.